The lowest BCUT2D eigenvalue weighted by Gasteiger charge is -2.31. The van der Waals surface area contributed by atoms with Crippen molar-refractivity contribution >= 4 is 62.6 Å². The van der Waals surface area contributed by atoms with Gasteiger partial charge in [-0.15, -0.1) is 0 Å². The van der Waals surface area contributed by atoms with Crippen LogP contribution in [-0.4, -0.2) is 58.6 Å². The number of aromatic hydroxyl groups is 1. The fourth-order valence-electron chi connectivity index (χ4n) is 4.90. The first-order chi connectivity index (χ1) is 19.8. The third-order valence-corrected chi connectivity index (χ3v) is 10.2. The van der Waals surface area contributed by atoms with Gasteiger partial charge in [0.25, 0.3) is 5.91 Å². The van der Waals surface area contributed by atoms with E-state index < -0.39 is 62.3 Å². The van der Waals surface area contributed by atoms with Crippen LogP contribution < -0.4 is 25.8 Å². The number of phenolic OH excluding ortho intramolecular Hbond substituents is 1. The van der Waals surface area contributed by atoms with E-state index in [-0.39, 0.29) is 33.7 Å². The Bertz CT molecular complexity index is 1800. The minimum atomic E-state index is -3.93. The van der Waals surface area contributed by atoms with Gasteiger partial charge in [-0.3, -0.25) is 23.7 Å². The molecule has 3 aromatic rings. The summed E-state index contributed by atoms with van der Waals surface area (Å²) in [4.78, 5) is 64.8. The fraction of sp³-hybridized carbons (Fsp3) is 0.240. The lowest BCUT2D eigenvalue weighted by Crippen LogP contribution is -2.41. The zero-order valence-electron chi connectivity index (χ0n) is 21.7. The van der Waals surface area contributed by atoms with E-state index in [1.165, 1.54) is 42.5 Å². The number of amides is 5. The van der Waals surface area contributed by atoms with Crippen LogP contribution in [0.2, 0.25) is 0 Å². The first-order valence-corrected chi connectivity index (χ1v) is 15.5. The van der Waals surface area contributed by atoms with E-state index in [4.69, 9.17) is 15.6 Å². The van der Waals surface area contributed by atoms with Crippen LogP contribution in [0.1, 0.15) is 23.3 Å². The van der Waals surface area contributed by atoms with Crippen molar-refractivity contribution in [3.8, 4) is 11.5 Å². The molecule has 42 heavy (non-hydrogen) atoms. The van der Waals surface area contributed by atoms with Crippen LogP contribution in [0.25, 0.3) is 0 Å². The molecule has 14 nitrogen and oxygen atoms in total. The number of carbonyl (C=O) groups is 4. The van der Waals surface area contributed by atoms with E-state index in [9.17, 15) is 37.5 Å². The Morgan fingerprint density at radius 1 is 1.10 bits per heavy atom. The number of benzene rings is 2. The molecule has 0 aliphatic carbocycles. The minimum absolute atomic E-state index is 0.120. The van der Waals surface area contributed by atoms with E-state index in [0.29, 0.717) is 15.3 Å². The number of hydrogen-bond donors (Lipinski definition) is 4. The van der Waals surface area contributed by atoms with Crippen molar-refractivity contribution in [2.24, 2.45) is 16.8 Å². The van der Waals surface area contributed by atoms with Crippen molar-refractivity contribution in [1.82, 2.24) is 9.47 Å². The van der Waals surface area contributed by atoms with Gasteiger partial charge in [0.2, 0.25) is 21.8 Å². The standard InChI is InChI=1S/C25H23N5O9S3/c1-2-39-15-9-11(3-8-14(15)31)17-18-19(22(34)30(21(18)33)24(26)35)40-23-20(17)41-25(36)29(23)10-16(32)28-12-4-6-13(7-5-12)42(27,37)38/h3-9,17-19,31H,2,10H2,1H3,(H2,26,35)(H,28,32)(H2,27,37,38)/t17-,18?,19?/m0/s1. The number of primary amides is 1. The lowest BCUT2D eigenvalue weighted by atomic mass is 9.83. The highest BCUT2D eigenvalue weighted by molar-refractivity contribution is 8.00. The predicted octanol–water partition coefficient (Wildman–Crippen LogP) is 0.970. The van der Waals surface area contributed by atoms with Gasteiger partial charge < -0.3 is 20.9 Å². The second-order valence-electron chi connectivity index (χ2n) is 9.29. The number of phenols is 1. The normalized spacial score (nSPS) is 19.8. The largest absolute Gasteiger partial charge is 0.504 e. The number of anilines is 1. The zero-order chi connectivity index (χ0) is 30.5. The number of likely N-dealkylation sites (tertiary alicyclic amines) is 1. The van der Waals surface area contributed by atoms with Gasteiger partial charge in [0.05, 0.1) is 22.4 Å². The van der Waals surface area contributed by atoms with Crippen molar-refractivity contribution in [3.05, 3.63) is 62.6 Å². The van der Waals surface area contributed by atoms with Crippen LogP contribution >= 0.6 is 23.1 Å². The monoisotopic (exact) mass is 633 g/mol. The number of thiazole rings is 1. The molecule has 0 saturated carbocycles. The van der Waals surface area contributed by atoms with Crippen molar-refractivity contribution in [2.75, 3.05) is 11.9 Å². The molecule has 17 heteroatoms. The van der Waals surface area contributed by atoms with E-state index in [2.05, 4.69) is 5.32 Å². The quantitative estimate of drug-likeness (QED) is 0.270. The molecular formula is C25H23N5O9S3. The topological polar surface area (TPSA) is 221 Å². The van der Waals surface area contributed by atoms with Gasteiger partial charge >= 0.3 is 10.9 Å². The Hall–Kier alpha value is -4.19. The molecule has 0 radical (unpaired) electrons. The van der Waals surface area contributed by atoms with Crippen molar-refractivity contribution < 1.29 is 37.4 Å². The summed E-state index contributed by atoms with van der Waals surface area (Å²) in [5.41, 5.74) is 6.03. The molecule has 6 N–H and O–H groups in total. The van der Waals surface area contributed by atoms with Crippen molar-refractivity contribution in [1.29, 1.82) is 0 Å². The number of fused-ring (bicyclic) bond motifs is 2. The Kier molecular flexibility index (Phi) is 7.61. The Morgan fingerprint density at radius 2 is 1.79 bits per heavy atom. The van der Waals surface area contributed by atoms with Gasteiger partial charge in [0.1, 0.15) is 11.8 Å². The third kappa shape index (κ3) is 5.15. The maximum atomic E-state index is 13.3. The number of nitrogens with one attached hydrogen (secondary N) is 1. The van der Waals surface area contributed by atoms with Gasteiger partial charge in [-0.05, 0) is 48.9 Å². The number of aromatic nitrogens is 1. The predicted molar refractivity (Wildman–Crippen MR) is 151 cm³/mol. The van der Waals surface area contributed by atoms with Crippen molar-refractivity contribution in [3.63, 3.8) is 0 Å². The molecule has 0 spiro atoms. The number of thioether (sulfide) groups is 1. The number of ether oxygens (including phenoxy) is 1. The van der Waals surface area contributed by atoms with Gasteiger partial charge in [-0.1, -0.05) is 29.2 Å². The number of nitrogens with two attached hydrogens (primary N) is 2. The molecule has 3 atom stereocenters. The molecule has 2 aliphatic heterocycles. The van der Waals surface area contributed by atoms with Gasteiger partial charge in [0.15, 0.2) is 11.5 Å². The maximum absolute atomic E-state index is 13.3. The SMILES string of the molecule is CCOc1cc([C@@H]2c3sc(=O)n(CC(=O)Nc4ccc(S(N)(=O)=O)cc4)c3SC3C(=O)N(C(N)=O)C(=O)C32)ccc1O. The molecule has 0 bridgehead atoms. The fourth-order valence-corrected chi connectivity index (χ4v) is 8.19. The van der Waals surface area contributed by atoms with Crippen LogP contribution in [0, 0.1) is 5.92 Å². The van der Waals surface area contributed by atoms with Crippen molar-refractivity contribution in [2.45, 2.75) is 34.6 Å². The molecule has 220 valence electrons. The Balaban J connectivity index is 1.54. The Labute approximate surface area is 246 Å². The molecule has 1 fully saturated rings. The lowest BCUT2D eigenvalue weighted by molar-refractivity contribution is -0.135. The first-order valence-electron chi connectivity index (χ1n) is 12.3. The second-order valence-corrected chi connectivity index (χ2v) is 13.0. The smallest absolute Gasteiger partial charge is 0.328 e. The summed E-state index contributed by atoms with van der Waals surface area (Å²) in [6.45, 7) is 1.47. The number of primary sulfonamides is 1. The van der Waals surface area contributed by atoms with Crippen LogP contribution in [-0.2, 0) is 31.0 Å². The second kappa shape index (κ2) is 10.9. The summed E-state index contributed by atoms with van der Waals surface area (Å²) in [5, 5.41) is 17.0. The zero-order valence-corrected chi connectivity index (χ0v) is 24.1. The minimum Gasteiger partial charge on any atom is -0.504 e. The molecule has 2 aliphatic rings. The number of hydrogen-bond acceptors (Lipinski definition) is 11. The highest BCUT2D eigenvalue weighted by Gasteiger charge is 2.58. The van der Waals surface area contributed by atoms with E-state index in [1.54, 1.807) is 6.92 Å². The van der Waals surface area contributed by atoms with E-state index >= 15 is 0 Å². The number of imide groups is 3. The molecule has 2 unspecified atom stereocenters. The number of carbonyl (C=O) groups excluding carboxylic acids is 4. The van der Waals surface area contributed by atoms with Gasteiger partial charge in [-0.25, -0.2) is 18.4 Å². The molecule has 5 amide bonds. The summed E-state index contributed by atoms with van der Waals surface area (Å²) in [6.07, 6.45) is 0. The van der Waals surface area contributed by atoms with Crippen LogP contribution in [0.15, 0.2) is 57.2 Å². The molecule has 1 saturated heterocycles. The summed E-state index contributed by atoms with van der Waals surface area (Å²) in [6, 6.07) is 8.25. The molecular weight excluding hydrogens is 611 g/mol. The summed E-state index contributed by atoms with van der Waals surface area (Å²) >= 11 is 1.67. The molecule has 3 heterocycles. The average molecular weight is 634 g/mol. The molecule has 5 rings (SSSR count). The first kappa shape index (κ1) is 29.3. The number of sulfonamides is 1. The molecule has 2 aromatic carbocycles. The summed E-state index contributed by atoms with van der Waals surface area (Å²) in [5.74, 6) is -4.33. The highest BCUT2D eigenvalue weighted by atomic mass is 32.2. The average Bonchev–Trinajstić information content (AvgIpc) is 3.36. The maximum Gasteiger partial charge on any atom is 0.328 e. The number of rotatable bonds is 7. The summed E-state index contributed by atoms with van der Waals surface area (Å²) < 4.78 is 29.6. The molecule has 1 aromatic heterocycles. The van der Waals surface area contributed by atoms with Crippen LogP contribution in [0.4, 0.5) is 10.5 Å². The van der Waals surface area contributed by atoms with Gasteiger partial charge in [0, 0.05) is 16.5 Å². The summed E-state index contributed by atoms with van der Waals surface area (Å²) in [7, 11) is -3.93. The highest BCUT2D eigenvalue weighted by Crippen LogP contribution is 2.53. The van der Waals surface area contributed by atoms with E-state index in [1.807, 2.05) is 0 Å². The van der Waals surface area contributed by atoms with Crippen LogP contribution in [0.3, 0.4) is 0 Å². The van der Waals surface area contributed by atoms with Gasteiger partial charge in [-0.2, -0.15) is 4.90 Å². The van der Waals surface area contributed by atoms with Crippen LogP contribution in [0.5, 0.6) is 11.5 Å². The Morgan fingerprint density at radius 3 is 2.40 bits per heavy atom. The third-order valence-electron chi connectivity index (χ3n) is 6.68. The van der Waals surface area contributed by atoms with E-state index in [0.717, 1.165) is 27.7 Å². The number of nitrogens with zero attached hydrogens (tertiary/aromatic N) is 2. The number of urea groups is 1.